The van der Waals surface area contributed by atoms with Crippen LogP contribution in [0.1, 0.15) is 109 Å². The first-order chi connectivity index (χ1) is 34.5. The summed E-state index contributed by atoms with van der Waals surface area (Å²) in [6, 6.07) is 57.3. The zero-order valence-corrected chi connectivity index (χ0v) is 45.1. The van der Waals surface area contributed by atoms with Crippen LogP contribution >= 0.6 is 22.7 Å². The summed E-state index contributed by atoms with van der Waals surface area (Å²) in [7, 11) is 0. The van der Waals surface area contributed by atoms with Gasteiger partial charge in [-0.05, 0) is 143 Å². The molecule has 5 heterocycles. The average Bonchev–Trinajstić information content (AvgIpc) is 3.99. The van der Waals surface area contributed by atoms with E-state index in [0.29, 0.717) is 0 Å². The normalized spacial score (nSPS) is 19.3. The number of anilines is 8. The number of fused-ring (bicyclic) bond motifs is 13. The summed E-state index contributed by atoms with van der Waals surface area (Å²) in [6.45, 7) is 24.1. The summed E-state index contributed by atoms with van der Waals surface area (Å²) >= 11 is 3.87. The minimum absolute atomic E-state index is 0.00926. The van der Waals surface area contributed by atoms with Gasteiger partial charge < -0.3 is 14.7 Å². The quantitative estimate of drug-likeness (QED) is 0.163. The third-order valence-corrected chi connectivity index (χ3v) is 20.2. The first-order valence-electron chi connectivity index (χ1n) is 26.3. The Morgan fingerprint density at radius 2 is 0.986 bits per heavy atom. The Kier molecular flexibility index (Phi) is 9.32. The molecule has 4 aliphatic rings. The Morgan fingerprint density at radius 3 is 1.51 bits per heavy atom. The highest BCUT2D eigenvalue weighted by atomic mass is 32.1. The van der Waals surface area contributed by atoms with Crippen molar-refractivity contribution in [3.8, 4) is 0 Å². The predicted molar refractivity (Wildman–Crippen MR) is 316 cm³/mol. The second kappa shape index (κ2) is 15.1. The molecule has 3 aliphatic heterocycles. The van der Waals surface area contributed by atoms with E-state index in [1.54, 1.807) is 5.56 Å². The maximum atomic E-state index is 2.85. The summed E-state index contributed by atoms with van der Waals surface area (Å²) in [4.78, 5) is 8.26. The SMILES string of the molecule is Cc1cc(C)c2c(c1)N(c1cc3c4c(c1)N(c1cccc5c1sc1ccccc15)c1ccc(C(C)(C)C)cc1B4c1cc(C(C)(C)C)ccc1N3c1cccc3c1sc1ccccc13)C1(C)CCCCC21C. The molecule has 1 fully saturated rings. The van der Waals surface area contributed by atoms with Gasteiger partial charge in [0, 0.05) is 70.5 Å². The van der Waals surface area contributed by atoms with E-state index in [4.69, 9.17) is 0 Å². The predicted octanol–water partition coefficient (Wildman–Crippen LogP) is 17.5. The molecule has 2 aromatic heterocycles. The Labute approximate surface area is 433 Å². The molecule has 3 nitrogen and oxygen atoms in total. The Morgan fingerprint density at radius 1 is 0.486 bits per heavy atom. The van der Waals surface area contributed by atoms with Gasteiger partial charge in [0.1, 0.15) is 0 Å². The average molecular weight is 972 g/mol. The third-order valence-electron chi connectivity index (χ3n) is 17.8. The topological polar surface area (TPSA) is 9.72 Å². The van der Waals surface area contributed by atoms with Crippen molar-refractivity contribution in [2.24, 2.45) is 0 Å². The lowest BCUT2D eigenvalue weighted by atomic mass is 9.33. The van der Waals surface area contributed by atoms with Gasteiger partial charge in [-0.3, -0.25) is 0 Å². The van der Waals surface area contributed by atoms with Gasteiger partial charge in [0.05, 0.1) is 26.3 Å². The molecule has 1 aliphatic carbocycles. The zero-order valence-electron chi connectivity index (χ0n) is 43.4. The van der Waals surface area contributed by atoms with E-state index in [2.05, 4.69) is 230 Å². The molecule has 0 saturated heterocycles. The van der Waals surface area contributed by atoms with Crippen molar-refractivity contribution in [2.45, 2.75) is 117 Å². The van der Waals surface area contributed by atoms with E-state index in [9.17, 15) is 0 Å². The molecule has 6 heteroatoms. The molecule has 2 unspecified atom stereocenters. The largest absolute Gasteiger partial charge is 0.334 e. The maximum absolute atomic E-state index is 2.85. The molecule has 72 heavy (non-hydrogen) atoms. The lowest BCUT2D eigenvalue weighted by Crippen LogP contribution is -2.62. The van der Waals surface area contributed by atoms with Gasteiger partial charge in [0.2, 0.25) is 0 Å². The smallest absolute Gasteiger partial charge is 0.252 e. The molecule has 14 rings (SSSR count). The molecule has 0 radical (unpaired) electrons. The van der Waals surface area contributed by atoms with Crippen LogP contribution in [0.25, 0.3) is 40.3 Å². The van der Waals surface area contributed by atoms with E-state index in [1.807, 2.05) is 22.7 Å². The van der Waals surface area contributed by atoms with Crippen LogP contribution in [0.4, 0.5) is 45.5 Å². The number of aryl methyl sites for hydroxylation is 2. The third kappa shape index (κ3) is 6.03. The van der Waals surface area contributed by atoms with Gasteiger partial charge >= 0.3 is 0 Å². The number of nitrogens with zero attached hydrogens (tertiary/aromatic N) is 3. The van der Waals surface area contributed by atoms with E-state index in [1.165, 1.54) is 144 Å². The van der Waals surface area contributed by atoms with Crippen molar-refractivity contribution in [2.75, 3.05) is 14.7 Å². The van der Waals surface area contributed by atoms with Crippen LogP contribution < -0.4 is 31.1 Å². The minimum Gasteiger partial charge on any atom is -0.334 e. The summed E-state index contributed by atoms with van der Waals surface area (Å²) in [6.07, 6.45) is 4.80. The maximum Gasteiger partial charge on any atom is 0.252 e. The van der Waals surface area contributed by atoms with E-state index in [0.717, 1.165) is 6.42 Å². The molecule has 356 valence electrons. The van der Waals surface area contributed by atoms with Crippen LogP contribution in [0.3, 0.4) is 0 Å². The Bertz CT molecular complexity index is 3750. The number of thiophene rings is 2. The van der Waals surface area contributed by atoms with Gasteiger partial charge in [-0.1, -0.05) is 152 Å². The van der Waals surface area contributed by atoms with Crippen LogP contribution in [0.2, 0.25) is 0 Å². The Hall–Kier alpha value is -6.34. The van der Waals surface area contributed by atoms with Crippen LogP contribution in [-0.4, -0.2) is 12.3 Å². The van der Waals surface area contributed by atoms with Crippen LogP contribution in [-0.2, 0) is 16.2 Å². The van der Waals surface area contributed by atoms with Gasteiger partial charge in [0.25, 0.3) is 6.71 Å². The molecule has 10 aromatic rings. The monoisotopic (exact) mass is 971 g/mol. The minimum atomic E-state index is -0.137. The van der Waals surface area contributed by atoms with Crippen molar-refractivity contribution >= 4 is 132 Å². The fourth-order valence-electron chi connectivity index (χ4n) is 14.2. The lowest BCUT2D eigenvalue weighted by molar-refractivity contribution is 0.194. The number of benzene rings is 8. The highest BCUT2D eigenvalue weighted by molar-refractivity contribution is 7.27. The Balaban J connectivity index is 1.16. The summed E-state index contributed by atoms with van der Waals surface area (Å²) < 4.78 is 5.29. The fraction of sp³-hybridized carbons (Fsp3) is 0.273. The summed E-state index contributed by atoms with van der Waals surface area (Å²) in [5.41, 5.74) is 21.1. The van der Waals surface area contributed by atoms with Gasteiger partial charge in [-0.2, -0.15) is 0 Å². The van der Waals surface area contributed by atoms with Crippen LogP contribution in [0.15, 0.2) is 146 Å². The summed E-state index contributed by atoms with van der Waals surface area (Å²) in [5, 5.41) is 5.28. The fourth-order valence-corrected chi connectivity index (χ4v) is 16.6. The molecule has 2 atom stereocenters. The van der Waals surface area contributed by atoms with Crippen molar-refractivity contribution < 1.29 is 0 Å². The molecular formula is C66H62BN3S2. The van der Waals surface area contributed by atoms with Gasteiger partial charge in [-0.15, -0.1) is 22.7 Å². The number of hydrogen-bond donors (Lipinski definition) is 0. The zero-order chi connectivity index (χ0) is 49.4. The second-order valence-corrected chi connectivity index (χ2v) is 26.3. The molecule has 0 N–H and O–H groups in total. The number of hydrogen-bond acceptors (Lipinski definition) is 5. The standard InChI is InChI=1S/C66H62BN3S2/c1-39-33-40(2)59-54(34-39)70(66(10)32-16-15-31-65(59,66)9)43-37-55-60-56(38-43)69(53-24-18-22-47-45-20-12-14-26-58(45)72-62(47)53)51-30-28-42(64(6,7)8)36-49(51)67(60)48-35-41(63(3,4)5)27-29-50(48)68(55)52-23-17-21-46-44-19-11-13-25-57(44)71-61(46)52/h11-14,17-30,33-38H,15-16,31-32H2,1-10H3. The van der Waals surface area contributed by atoms with Crippen LogP contribution in [0, 0.1) is 13.8 Å². The van der Waals surface area contributed by atoms with Gasteiger partial charge in [-0.25, -0.2) is 0 Å². The van der Waals surface area contributed by atoms with Crippen molar-refractivity contribution in [3.05, 3.63) is 173 Å². The second-order valence-electron chi connectivity index (χ2n) is 24.2. The molecule has 0 amide bonds. The van der Waals surface area contributed by atoms with Crippen LogP contribution in [0.5, 0.6) is 0 Å². The van der Waals surface area contributed by atoms with Crippen molar-refractivity contribution in [1.29, 1.82) is 0 Å². The van der Waals surface area contributed by atoms with E-state index < -0.39 is 0 Å². The molecule has 0 bridgehead atoms. The van der Waals surface area contributed by atoms with Crippen molar-refractivity contribution in [3.63, 3.8) is 0 Å². The first kappa shape index (κ1) is 44.4. The number of rotatable bonds is 3. The molecule has 0 spiro atoms. The molecule has 1 saturated carbocycles. The highest BCUT2D eigenvalue weighted by Crippen LogP contribution is 2.63. The summed E-state index contributed by atoms with van der Waals surface area (Å²) in [5.74, 6) is 0. The lowest BCUT2D eigenvalue weighted by Gasteiger charge is -2.51. The van der Waals surface area contributed by atoms with E-state index in [-0.39, 0.29) is 28.5 Å². The first-order valence-corrected chi connectivity index (χ1v) is 28.0. The van der Waals surface area contributed by atoms with E-state index >= 15 is 0 Å². The highest BCUT2D eigenvalue weighted by Gasteiger charge is 2.59. The van der Waals surface area contributed by atoms with Gasteiger partial charge in [0.15, 0.2) is 0 Å². The van der Waals surface area contributed by atoms with Crippen molar-refractivity contribution in [1.82, 2.24) is 0 Å². The molecule has 8 aromatic carbocycles. The molecular weight excluding hydrogens is 910 g/mol.